The molecule has 0 aromatic heterocycles. The van der Waals surface area contributed by atoms with Crippen LogP contribution in [0.5, 0.6) is 5.75 Å². The fraction of sp³-hybridized carbons (Fsp3) is 0.417. The van der Waals surface area contributed by atoms with Crippen LogP contribution in [0.25, 0.3) is 0 Å². The minimum Gasteiger partial charge on any atom is -0.464 e. The monoisotopic (exact) mass is 278 g/mol. The summed E-state index contributed by atoms with van der Waals surface area (Å²) < 4.78 is 44.2. The zero-order valence-corrected chi connectivity index (χ0v) is 10.3. The van der Waals surface area contributed by atoms with Gasteiger partial charge in [-0.3, -0.25) is 0 Å². The van der Waals surface area contributed by atoms with Gasteiger partial charge < -0.3 is 14.6 Å². The summed E-state index contributed by atoms with van der Waals surface area (Å²) >= 11 is 0. The van der Waals surface area contributed by atoms with Crippen LogP contribution in [0.2, 0.25) is 0 Å². The van der Waals surface area contributed by atoms with Crippen molar-refractivity contribution in [2.75, 3.05) is 6.61 Å². The van der Waals surface area contributed by atoms with Crippen LogP contribution in [-0.4, -0.2) is 24.0 Å². The molecule has 0 aliphatic rings. The first-order valence-corrected chi connectivity index (χ1v) is 5.42. The smallest absolute Gasteiger partial charge is 0.464 e. The third-order valence-electron chi connectivity index (χ3n) is 2.32. The van der Waals surface area contributed by atoms with E-state index in [0.717, 1.165) is 24.3 Å². The third-order valence-corrected chi connectivity index (χ3v) is 2.32. The van der Waals surface area contributed by atoms with E-state index in [1.54, 1.807) is 6.92 Å². The highest BCUT2D eigenvalue weighted by molar-refractivity contribution is 5.80. The van der Waals surface area contributed by atoms with Gasteiger partial charge in [0.2, 0.25) is 0 Å². The van der Waals surface area contributed by atoms with Crippen molar-refractivity contribution in [3.05, 3.63) is 29.8 Å². The summed E-state index contributed by atoms with van der Waals surface area (Å²) in [5, 5.41) is 9.97. The van der Waals surface area contributed by atoms with E-state index in [1.807, 2.05) is 0 Å². The van der Waals surface area contributed by atoms with Crippen molar-refractivity contribution >= 4 is 5.97 Å². The van der Waals surface area contributed by atoms with E-state index in [1.165, 1.54) is 6.92 Å². The normalized spacial score (nSPS) is 14.6. The zero-order valence-electron chi connectivity index (χ0n) is 10.3. The Morgan fingerprint density at radius 3 is 2.21 bits per heavy atom. The molecule has 1 N–H and O–H groups in total. The van der Waals surface area contributed by atoms with Crippen molar-refractivity contribution < 1.29 is 32.5 Å². The number of halogens is 3. The summed E-state index contributed by atoms with van der Waals surface area (Å²) in [5.41, 5.74) is -1.81. The molecule has 1 rings (SSSR count). The molecule has 0 bridgehead atoms. The molecule has 7 heteroatoms. The molecule has 19 heavy (non-hydrogen) atoms. The number of alkyl halides is 3. The van der Waals surface area contributed by atoms with Gasteiger partial charge in [-0.15, -0.1) is 13.2 Å². The Hall–Kier alpha value is -1.76. The lowest BCUT2D eigenvalue weighted by Crippen LogP contribution is -2.34. The molecule has 0 fully saturated rings. The van der Waals surface area contributed by atoms with Gasteiger partial charge in [-0.05, 0) is 31.5 Å². The van der Waals surface area contributed by atoms with Gasteiger partial charge in [0.15, 0.2) is 5.60 Å². The molecule has 0 heterocycles. The van der Waals surface area contributed by atoms with Crippen LogP contribution >= 0.6 is 0 Å². The molecule has 0 radical (unpaired) electrons. The molecule has 1 unspecified atom stereocenters. The number of hydrogen-bond acceptors (Lipinski definition) is 4. The van der Waals surface area contributed by atoms with Crippen LogP contribution in [0.3, 0.4) is 0 Å². The van der Waals surface area contributed by atoms with Crippen LogP contribution < -0.4 is 4.74 Å². The van der Waals surface area contributed by atoms with Crippen molar-refractivity contribution in [2.45, 2.75) is 25.8 Å². The van der Waals surface area contributed by atoms with Crippen molar-refractivity contribution in [2.24, 2.45) is 0 Å². The van der Waals surface area contributed by atoms with Gasteiger partial charge in [-0.2, -0.15) is 0 Å². The van der Waals surface area contributed by atoms with E-state index < -0.39 is 23.7 Å². The Balaban J connectivity index is 2.89. The molecule has 0 saturated heterocycles. The van der Waals surface area contributed by atoms with E-state index in [9.17, 15) is 23.1 Å². The molecule has 4 nitrogen and oxygen atoms in total. The molecule has 0 aliphatic carbocycles. The summed E-state index contributed by atoms with van der Waals surface area (Å²) in [5.74, 6) is -1.31. The average Bonchev–Trinajstić information content (AvgIpc) is 2.27. The van der Waals surface area contributed by atoms with Gasteiger partial charge in [0.25, 0.3) is 0 Å². The zero-order chi connectivity index (χ0) is 14.7. The molecule has 1 aromatic rings. The van der Waals surface area contributed by atoms with Crippen LogP contribution in [0.4, 0.5) is 13.2 Å². The van der Waals surface area contributed by atoms with Crippen LogP contribution in [0.1, 0.15) is 19.4 Å². The first-order chi connectivity index (χ1) is 8.66. The highest BCUT2D eigenvalue weighted by atomic mass is 19.4. The van der Waals surface area contributed by atoms with Crippen molar-refractivity contribution in [1.82, 2.24) is 0 Å². The number of benzene rings is 1. The highest BCUT2D eigenvalue weighted by Crippen LogP contribution is 2.27. The van der Waals surface area contributed by atoms with Crippen LogP contribution in [-0.2, 0) is 15.1 Å². The predicted molar refractivity (Wildman–Crippen MR) is 59.3 cm³/mol. The standard InChI is InChI=1S/C12H13F3O4/c1-3-18-10(16)11(2,17)8-4-6-9(7-5-8)19-12(13,14)15/h4-7,17H,3H2,1-2H3. The number of carbonyl (C=O) groups is 1. The minimum atomic E-state index is -4.79. The lowest BCUT2D eigenvalue weighted by atomic mass is 9.96. The maximum absolute atomic E-state index is 12.0. The quantitative estimate of drug-likeness (QED) is 0.859. The Morgan fingerprint density at radius 2 is 1.79 bits per heavy atom. The Morgan fingerprint density at radius 1 is 1.26 bits per heavy atom. The SMILES string of the molecule is CCOC(=O)C(C)(O)c1ccc(OC(F)(F)F)cc1. The fourth-order valence-electron chi connectivity index (χ4n) is 1.37. The first-order valence-electron chi connectivity index (χ1n) is 5.42. The van der Waals surface area contributed by atoms with Gasteiger partial charge in [0, 0.05) is 0 Å². The Labute approximate surface area is 107 Å². The number of rotatable bonds is 4. The molecular weight excluding hydrogens is 265 g/mol. The summed E-state index contributed by atoms with van der Waals surface area (Å²) in [6.07, 6.45) is -4.79. The number of ether oxygens (including phenoxy) is 2. The predicted octanol–water partition coefficient (Wildman–Crippen LogP) is 2.36. The number of carbonyl (C=O) groups excluding carboxylic acids is 1. The molecular formula is C12H13F3O4. The second kappa shape index (κ2) is 5.48. The number of hydrogen-bond donors (Lipinski definition) is 1. The van der Waals surface area contributed by atoms with E-state index in [0.29, 0.717) is 0 Å². The van der Waals surface area contributed by atoms with E-state index >= 15 is 0 Å². The largest absolute Gasteiger partial charge is 0.573 e. The molecule has 0 saturated carbocycles. The fourth-order valence-corrected chi connectivity index (χ4v) is 1.37. The lowest BCUT2D eigenvalue weighted by molar-refractivity contribution is -0.274. The lowest BCUT2D eigenvalue weighted by Gasteiger charge is -2.21. The number of aliphatic hydroxyl groups is 1. The van der Waals surface area contributed by atoms with Crippen molar-refractivity contribution in [3.8, 4) is 5.75 Å². The van der Waals surface area contributed by atoms with Crippen LogP contribution in [0.15, 0.2) is 24.3 Å². The Bertz CT molecular complexity index is 437. The second-order valence-corrected chi connectivity index (χ2v) is 3.86. The molecule has 1 atom stereocenters. The van der Waals surface area contributed by atoms with E-state index in [2.05, 4.69) is 9.47 Å². The molecule has 0 spiro atoms. The third kappa shape index (κ3) is 4.13. The molecule has 0 aliphatic heterocycles. The summed E-state index contributed by atoms with van der Waals surface area (Å²) in [7, 11) is 0. The maximum atomic E-state index is 12.0. The van der Waals surface area contributed by atoms with Gasteiger partial charge in [0.1, 0.15) is 5.75 Å². The molecule has 1 aromatic carbocycles. The summed E-state index contributed by atoms with van der Waals surface area (Å²) in [6.45, 7) is 2.86. The van der Waals surface area contributed by atoms with Gasteiger partial charge in [0.05, 0.1) is 6.61 Å². The molecule has 106 valence electrons. The van der Waals surface area contributed by atoms with Gasteiger partial charge >= 0.3 is 12.3 Å². The Kier molecular flexibility index (Phi) is 4.41. The summed E-state index contributed by atoms with van der Waals surface area (Å²) in [4.78, 5) is 11.5. The number of esters is 1. The summed E-state index contributed by atoms with van der Waals surface area (Å²) in [6, 6.07) is 4.35. The topological polar surface area (TPSA) is 55.8 Å². The van der Waals surface area contributed by atoms with Crippen molar-refractivity contribution in [3.63, 3.8) is 0 Å². The van der Waals surface area contributed by atoms with Gasteiger partial charge in [-0.25, -0.2) is 4.79 Å². The highest BCUT2D eigenvalue weighted by Gasteiger charge is 2.35. The first kappa shape index (κ1) is 15.3. The average molecular weight is 278 g/mol. The van der Waals surface area contributed by atoms with Crippen LogP contribution in [0, 0.1) is 0 Å². The molecule has 0 amide bonds. The van der Waals surface area contributed by atoms with E-state index in [-0.39, 0.29) is 12.2 Å². The maximum Gasteiger partial charge on any atom is 0.573 e. The van der Waals surface area contributed by atoms with E-state index in [4.69, 9.17) is 0 Å². The van der Waals surface area contributed by atoms with Crippen molar-refractivity contribution in [1.29, 1.82) is 0 Å². The second-order valence-electron chi connectivity index (χ2n) is 3.86. The minimum absolute atomic E-state index is 0.0876. The van der Waals surface area contributed by atoms with Gasteiger partial charge in [-0.1, -0.05) is 12.1 Å².